The van der Waals surface area contributed by atoms with E-state index in [0.29, 0.717) is 6.04 Å². The zero-order valence-corrected chi connectivity index (χ0v) is 8.43. The highest BCUT2D eigenvalue weighted by molar-refractivity contribution is 5.51. The Balaban J connectivity index is 3.13. The molecule has 0 bridgehead atoms. The first-order valence-corrected chi connectivity index (χ1v) is 4.34. The normalized spacial score (nSPS) is 10.5. The number of anilines is 1. The quantitative estimate of drug-likeness (QED) is 0.721. The highest BCUT2D eigenvalue weighted by Gasteiger charge is 2.05. The first-order valence-electron chi connectivity index (χ1n) is 4.34. The smallest absolute Gasteiger partial charge is 0.345 e. The lowest BCUT2D eigenvalue weighted by molar-refractivity contribution is 0.876. The summed E-state index contributed by atoms with van der Waals surface area (Å²) in [5.41, 5.74) is 2.22. The number of aromatic nitrogens is 2. The van der Waals surface area contributed by atoms with Gasteiger partial charge in [-0.05, 0) is 27.7 Å². The van der Waals surface area contributed by atoms with Crippen molar-refractivity contribution in [3.8, 4) is 0 Å². The fourth-order valence-corrected chi connectivity index (χ4v) is 1.23. The van der Waals surface area contributed by atoms with E-state index >= 15 is 0 Å². The van der Waals surface area contributed by atoms with Crippen LogP contribution in [-0.2, 0) is 0 Å². The van der Waals surface area contributed by atoms with Crippen molar-refractivity contribution in [3.05, 3.63) is 21.9 Å². The Morgan fingerprint density at radius 1 is 1.38 bits per heavy atom. The second-order valence-electron chi connectivity index (χ2n) is 3.43. The van der Waals surface area contributed by atoms with Gasteiger partial charge in [0, 0.05) is 11.7 Å². The molecule has 0 aromatic carbocycles. The lowest BCUT2D eigenvalue weighted by atomic mass is 10.2. The minimum atomic E-state index is -0.288. The van der Waals surface area contributed by atoms with Gasteiger partial charge in [0.25, 0.3) is 0 Å². The monoisotopic (exact) mass is 181 g/mol. The summed E-state index contributed by atoms with van der Waals surface area (Å²) in [5.74, 6) is 0. The van der Waals surface area contributed by atoms with Crippen molar-refractivity contribution in [2.45, 2.75) is 33.7 Å². The molecule has 0 aliphatic heterocycles. The summed E-state index contributed by atoms with van der Waals surface area (Å²) in [7, 11) is 0. The Kier molecular flexibility index (Phi) is 2.70. The SMILES string of the molecule is Cc1nc(=O)[nH]c(C)c1NC(C)C. The molecule has 1 heterocycles. The molecule has 1 aromatic heterocycles. The Hall–Kier alpha value is -1.32. The third-order valence-electron chi connectivity index (χ3n) is 1.73. The first-order chi connectivity index (χ1) is 6.00. The molecule has 4 nitrogen and oxygen atoms in total. The van der Waals surface area contributed by atoms with E-state index in [1.807, 2.05) is 27.7 Å². The van der Waals surface area contributed by atoms with Crippen molar-refractivity contribution >= 4 is 5.69 Å². The van der Waals surface area contributed by atoms with E-state index in [2.05, 4.69) is 15.3 Å². The minimum Gasteiger partial charge on any atom is -0.380 e. The second-order valence-corrected chi connectivity index (χ2v) is 3.43. The van der Waals surface area contributed by atoms with Gasteiger partial charge in [-0.2, -0.15) is 4.98 Å². The molecule has 0 unspecified atom stereocenters. The maximum atomic E-state index is 11.0. The van der Waals surface area contributed by atoms with Crippen molar-refractivity contribution in [1.82, 2.24) is 9.97 Å². The number of aryl methyl sites for hydroxylation is 2. The van der Waals surface area contributed by atoms with Crippen LogP contribution in [0.2, 0.25) is 0 Å². The van der Waals surface area contributed by atoms with E-state index in [1.165, 1.54) is 0 Å². The molecule has 0 radical (unpaired) electrons. The average molecular weight is 181 g/mol. The molecule has 0 aliphatic carbocycles. The van der Waals surface area contributed by atoms with Crippen LogP contribution in [0.3, 0.4) is 0 Å². The second kappa shape index (κ2) is 3.60. The molecule has 0 amide bonds. The van der Waals surface area contributed by atoms with Crippen molar-refractivity contribution < 1.29 is 0 Å². The fraction of sp³-hybridized carbons (Fsp3) is 0.556. The molecule has 0 saturated carbocycles. The maximum absolute atomic E-state index is 11.0. The van der Waals surface area contributed by atoms with Gasteiger partial charge in [0.15, 0.2) is 0 Å². The van der Waals surface area contributed by atoms with Crippen LogP contribution in [0.25, 0.3) is 0 Å². The van der Waals surface area contributed by atoms with E-state index in [-0.39, 0.29) is 5.69 Å². The summed E-state index contributed by atoms with van der Waals surface area (Å²) in [6.07, 6.45) is 0. The predicted molar refractivity (Wildman–Crippen MR) is 53.1 cm³/mol. The molecule has 72 valence electrons. The van der Waals surface area contributed by atoms with Crippen LogP contribution in [0.5, 0.6) is 0 Å². The Labute approximate surface area is 77.4 Å². The molecule has 1 rings (SSSR count). The number of hydrogen-bond donors (Lipinski definition) is 2. The van der Waals surface area contributed by atoms with E-state index < -0.39 is 0 Å². The molecule has 0 spiro atoms. The third kappa shape index (κ3) is 2.31. The molecular weight excluding hydrogens is 166 g/mol. The van der Waals surface area contributed by atoms with Crippen LogP contribution in [0.4, 0.5) is 5.69 Å². The lowest BCUT2D eigenvalue weighted by Crippen LogP contribution is -2.19. The van der Waals surface area contributed by atoms with E-state index in [9.17, 15) is 4.79 Å². The Bertz CT molecular complexity index is 328. The number of H-pyrrole nitrogens is 1. The van der Waals surface area contributed by atoms with Crippen LogP contribution in [0.15, 0.2) is 4.79 Å². The van der Waals surface area contributed by atoms with Crippen LogP contribution in [0.1, 0.15) is 25.2 Å². The van der Waals surface area contributed by atoms with Crippen LogP contribution in [-0.4, -0.2) is 16.0 Å². The number of rotatable bonds is 2. The number of nitrogens with one attached hydrogen (secondary N) is 2. The van der Waals surface area contributed by atoms with Gasteiger partial charge in [0.05, 0.1) is 11.4 Å². The molecular formula is C9H15N3O. The number of hydrogen-bond acceptors (Lipinski definition) is 3. The van der Waals surface area contributed by atoms with Crippen LogP contribution in [0, 0.1) is 13.8 Å². The maximum Gasteiger partial charge on any atom is 0.345 e. The largest absolute Gasteiger partial charge is 0.380 e. The number of aromatic amines is 1. The standard InChI is InChI=1S/C9H15N3O/c1-5(2)10-8-6(3)11-9(13)12-7(8)4/h5,10H,1-4H3,(H,11,12,13). The fourth-order valence-electron chi connectivity index (χ4n) is 1.23. The molecule has 0 fully saturated rings. The van der Waals surface area contributed by atoms with Gasteiger partial charge >= 0.3 is 5.69 Å². The molecule has 4 heteroatoms. The summed E-state index contributed by atoms with van der Waals surface area (Å²) in [5, 5.41) is 3.24. The summed E-state index contributed by atoms with van der Waals surface area (Å²) < 4.78 is 0. The van der Waals surface area contributed by atoms with Gasteiger partial charge in [0.1, 0.15) is 0 Å². The topological polar surface area (TPSA) is 57.8 Å². The van der Waals surface area contributed by atoms with Gasteiger partial charge < -0.3 is 10.3 Å². The molecule has 2 N–H and O–H groups in total. The third-order valence-corrected chi connectivity index (χ3v) is 1.73. The van der Waals surface area contributed by atoms with Gasteiger partial charge in [-0.1, -0.05) is 0 Å². The van der Waals surface area contributed by atoms with Crippen molar-refractivity contribution in [2.24, 2.45) is 0 Å². The van der Waals surface area contributed by atoms with Gasteiger partial charge in [-0.3, -0.25) is 0 Å². The van der Waals surface area contributed by atoms with Crippen LogP contribution < -0.4 is 11.0 Å². The predicted octanol–water partition coefficient (Wildman–Crippen LogP) is 1.21. The number of nitrogens with zero attached hydrogens (tertiary/aromatic N) is 1. The van der Waals surface area contributed by atoms with Crippen molar-refractivity contribution in [2.75, 3.05) is 5.32 Å². The molecule has 0 atom stereocenters. The van der Waals surface area contributed by atoms with Gasteiger partial charge in [0.2, 0.25) is 0 Å². The molecule has 0 aliphatic rings. The van der Waals surface area contributed by atoms with E-state index in [0.717, 1.165) is 17.1 Å². The van der Waals surface area contributed by atoms with Crippen molar-refractivity contribution in [3.63, 3.8) is 0 Å². The lowest BCUT2D eigenvalue weighted by Gasteiger charge is -2.13. The summed E-state index contributed by atoms with van der Waals surface area (Å²) in [4.78, 5) is 17.4. The first kappa shape index (κ1) is 9.77. The zero-order valence-electron chi connectivity index (χ0n) is 8.43. The molecule has 13 heavy (non-hydrogen) atoms. The summed E-state index contributed by atoms with van der Waals surface area (Å²) in [6, 6.07) is 0.338. The van der Waals surface area contributed by atoms with Crippen molar-refractivity contribution in [1.29, 1.82) is 0 Å². The van der Waals surface area contributed by atoms with Gasteiger partial charge in [-0.25, -0.2) is 4.79 Å². The molecule has 1 aromatic rings. The van der Waals surface area contributed by atoms with Gasteiger partial charge in [-0.15, -0.1) is 0 Å². The summed E-state index contributed by atoms with van der Waals surface area (Å²) >= 11 is 0. The highest BCUT2D eigenvalue weighted by Crippen LogP contribution is 2.14. The van der Waals surface area contributed by atoms with Crippen LogP contribution >= 0.6 is 0 Å². The Morgan fingerprint density at radius 3 is 2.46 bits per heavy atom. The van der Waals surface area contributed by atoms with E-state index in [4.69, 9.17) is 0 Å². The summed E-state index contributed by atoms with van der Waals surface area (Å²) in [6.45, 7) is 7.78. The zero-order chi connectivity index (χ0) is 10.0. The Morgan fingerprint density at radius 2 is 2.00 bits per heavy atom. The average Bonchev–Trinajstić information content (AvgIpc) is 1.96. The van der Waals surface area contributed by atoms with E-state index in [1.54, 1.807) is 0 Å². The highest BCUT2D eigenvalue weighted by atomic mass is 16.1. The minimum absolute atomic E-state index is 0.288. The molecule has 0 saturated heterocycles.